The van der Waals surface area contributed by atoms with Gasteiger partial charge in [-0.05, 0) is 33.6 Å². The molecular weight excluding hydrogens is 236 g/mol. The number of alkyl carbamates (subject to hydrolysis) is 1. The molecule has 1 saturated heterocycles. The molecule has 1 heterocycles. The first-order chi connectivity index (χ1) is 8.31. The summed E-state index contributed by atoms with van der Waals surface area (Å²) in [6, 6.07) is -0.0965. The van der Waals surface area contributed by atoms with E-state index in [4.69, 9.17) is 9.47 Å². The molecule has 0 bridgehead atoms. The average molecular weight is 258 g/mol. The third-order valence-corrected chi connectivity index (χ3v) is 2.54. The van der Waals surface area contributed by atoms with Gasteiger partial charge in [-0.1, -0.05) is 0 Å². The Bertz CT molecular complexity index is 304. The van der Waals surface area contributed by atoms with Crippen LogP contribution in [0.3, 0.4) is 0 Å². The zero-order valence-corrected chi connectivity index (χ0v) is 11.4. The van der Waals surface area contributed by atoms with Gasteiger partial charge in [-0.15, -0.1) is 0 Å². The molecule has 104 valence electrons. The fraction of sp³-hybridized carbons (Fsp3) is 0.833. The van der Waals surface area contributed by atoms with Crippen molar-refractivity contribution in [3.05, 3.63) is 0 Å². The van der Waals surface area contributed by atoms with Crippen LogP contribution in [0.25, 0.3) is 0 Å². The van der Waals surface area contributed by atoms with Crippen LogP contribution in [0.2, 0.25) is 0 Å². The molecule has 0 aliphatic carbocycles. The summed E-state index contributed by atoms with van der Waals surface area (Å²) in [5.41, 5.74) is -0.510. The minimum absolute atomic E-state index is 0.0965. The van der Waals surface area contributed by atoms with Crippen LogP contribution in [-0.4, -0.2) is 43.4 Å². The zero-order valence-electron chi connectivity index (χ0n) is 11.4. The second-order valence-electron chi connectivity index (χ2n) is 5.36. The smallest absolute Gasteiger partial charge is 0.407 e. The molecule has 0 radical (unpaired) electrons. The number of rotatable bonds is 2. The molecule has 2 atom stereocenters. The predicted octanol–water partition coefficient (Wildman–Crippen LogP) is 0.805. The van der Waals surface area contributed by atoms with Gasteiger partial charge in [0.05, 0.1) is 12.6 Å². The van der Waals surface area contributed by atoms with E-state index in [1.807, 2.05) is 20.8 Å². The predicted molar refractivity (Wildman–Crippen MR) is 66.2 cm³/mol. The van der Waals surface area contributed by atoms with Crippen molar-refractivity contribution in [2.45, 2.75) is 51.4 Å². The van der Waals surface area contributed by atoms with E-state index in [0.717, 1.165) is 0 Å². The van der Waals surface area contributed by atoms with Gasteiger partial charge in [0, 0.05) is 7.05 Å². The van der Waals surface area contributed by atoms with Gasteiger partial charge in [0.1, 0.15) is 11.7 Å². The maximum atomic E-state index is 11.5. The molecule has 6 nitrogen and oxygen atoms in total. The Kier molecular flexibility index (Phi) is 4.95. The highest BCUT2D eigenvalue weighted by Gasteiger charge is 2.28. The van der Waals surface area contributed by atoms with Gasteiger partial charge in [0.2, 0.25) is 5.91 Å². The van der Waals surface area contributed by atoms with Crippen molar-refractivity contribution in [1.29, 1.82) is 0 Å². The number of hydrogen-bond donors (Lipinski definition) is 2. The number of hydrogen-bond acceptors (Lipinski definition) is 4. The van der Waals surface area contributed by atoms with Crippen LogP contribution in [0, 0.1) is 0 Å². The molecule has 1 aliphatic rings. The van der Waals surface area contributed by atoms with Gasteiger partial charge < -0.3 is 20.1 Å². The lowest BCUT2D eigenvalue weighted by Gasteiger charge is -2.29. The Morgan fingerprint density at radius 3 is 2.39 bits per heavy atom. The number of carbonyl (C=O) groups excluding carboxylic acids is 2. The molecule has 1 aliphatic heterocycles. The summed E-state index contributed by atoms with van der Waals surface area (Å²) < 4.78 is 10.5. The molecule has 2 amide bonds. The maximum absolute atomic E-state index is 11.5. The topological polar surface area (TPSA) is 76.7 Å². The lowest BCUT2D eigenvalue weighted by molar-refractivity contribution is -0.135. The highest BCUT2D eigenvalue weighted by atomic mass is 16.6. The molecule has 0 saturated carbocycles. The first-order valence-electron chi connectivity index (χ1n) is 6.14. The second kappa shape index (κ2) is 6.04. The Hall–Kier alpha value is -1.30. The summed E-state index contributed by atoms with van der Waals surface area (Å²) >= 11 is 0. The van der Waals surface area contributed by atoms with Crippen LogP contribution in [0.4, 0.5) is 4.79 Å². The Balaban J connectivity index is 2.31. The first-order valence-corrected chi connectivity index (χ1v) is 6.14. The van der Waals surface area contributed by atoms with Gasteiger partial charge in [-0.2, -0.15) is 0 Å². The molecule has 18 heavy (non-hydrogen) atoms. The Morgan fingerprint density at radius 1 is 1.28 bits per heavy atom. The zero-order chi connectivity index (χ0) is 13.8. The van der Waals surface area contributed by atoms with Crippen LogP contribution in [-0.2, 0) is 14.3 Å². The van der Waals surface area contributed by atoms with E-state index < -0.39 is 17.8 Å². The van der Waals surface area contributed by atoms with Crippen molar-refractivity contribution in [2.75, 3.05) is 13.7 Å². The highest BCUT2D eigenvalue weighted by Crippen LogP contribution is 2.14. The largest absolute Gasteiger partial charge is 0.444 e. The number of nitrogens with one attached hydrogen (secondary N) is 2. The van der Waals surface area contributed by atoms with Crippen LogP contribution >= 0.6 is 0 Å². The molecule has 2 N–H and O–H groups in total. The number of carbonyl (C=O) groups is 2. The van der Waals surface area contributed by atoms with Gasteiger partial charge in [0.15, 0.2) is 0 Å². The number of likely N-dealkylation sites (N-methyl/N-ethyl adjacent to an activating group) is 1. The standard InChI is InChI=1S/C12H22N2O4/c1-12(2,3)18-11(16)14-8-5-6-9(17-7-8)10(15)13-4/h8-9H,5-7H2,1-4H3,(H,13,15)(H,14,16)/t8-,9+/m1/s1. The average Bonchev–Trinajstić information content (AvgIpc) is 2.26. The van der Waals surface area contributed by atoms with Crippen LogP contribution in [0.5, 0.6) is 0 Å². The normalized spacial score (nSPS) is 24.2. The monoisotopic (exact) mass is 258 g/mol. The van der Waals surface area contributed by atoms with Crippen molar-refractivity contribution in [3.8, 4) is 0 Å². The van der Waals surface area contributed by atoms with Crippen LogP contribution in [0.1, 0.15) is 33.6 Å². The molecule has 0 unspecified atom stereocenters. The van der Waals surface area contributed by atoms with E-state index in [0.29, 0.717) is 19.4 Å². The summed E-state index contributed by atoms with van der Waals surface area (Å²) in [4.78, 5) is 22.9. The summed E-state index contributed by atoms with van der Waals surface area (Å²) in [5.74, 6) is -0.120. The van der Waals surface area contributed by atoms with E-state index in [2.05, 4.69) is 10.6 Å². The lowest BCUT2D eigenvalue weighted by Crippen LogP contribution is -2.47. The van der Waals surface area contributed by atoms with E-state index in [1.165, 1.54) is 0 Å². The highest BCUT2D eigenvalue weighted by molar-refractivity contribution is 5.80. The third-order valence-electron chi connectivity index (χ3n) is 2.54. The molecule has 1 rings (SSSR count). The van der Waals surface area contributed by atoms with Gasteiger partial charge in [-0.3, -0.25) is 4.79 Å². The van der Waals surface area contributed by atoms with Crippen molar-refractivity contribution < 1.29 is 19.1 Å². The molecule has 1 fully saturated rings. The third kappa shape index (κ3) is 4.91. The minimum atomic E-state index is -0.510. The van der Waals surface area contributed by atoms with Crippen molar-refractivity contribution >= 4 is 12.0 Å². The maximum Gasteiger partial charge on any atom is 0.407 e. The van der Waals surface area contributed by atoms with Crippen molar-refractivity contribution in [1.82, 2.24) is 10.6 Å². The lowest BCUT2D eigenvalue weighted by atomic mass is 10.0. The summed E-state index contributed by atoms with van der Waals surface area (Å²) in [5, 5.41) is 5.28. The van der Waals surface area contributed by atoms with E-state index in [-0.39, 0.29) is 11.9 Å². The molecular formula is C12H22N2O4. The van der Waals surface area contributed by atoms with Gasteiger partial charge >= 0.3 is 6.09 Å². The molecule has 0 aromatic heterocycles. The number of ether oxygens (including phenoxy) is 2. The van der Waals surface area contributed by atoms with E-state index in [9.17, 15) is 9.59 Å². The molecule has 6 heteroatoms. The van der Waals surface area contributed by atoms with Gasteiger partial charge in [0.25, 0.3) is 0 Å². The summed E-state index contributed by atoms with van der Waals surface area (Å²) in [6.07, 6.45) is 0.443. The fourth-order valence-electron chi connectivity index (χ4n) is 1.71. The summed E-state index contributed by atoms with van der Waals surface area (Å²) in [6.45, 7) is 5.76. The van der Waals surface area contributed by atoms with E-state index in [1.54, 1.807) is 7.05 Å². The Morgan fingerprint density at radius 2 is 1.94 bits per heavy atom. The van der Waals surface area contributed by atoms with E-state index >= 15 is 0 Å². The van der Waals surface area contributed by atoms with Gasteiger partial charge in [-0.25, -0.2) is 4.79 Å². The minimum Gasteiger partial charge on any atom is -0.444 e. The van der Waals surface area contributed by atoms with Crippen LogP contribution < -0.4 is 10.6 Å². The molecule has 0 aromatic rings. The molecule has 0 spiro atoms. The van der Waals surface area contributed by atoms with Crippen molar-refractivity contribution in [2.24, 2.45) is 0 Å². The second-order valence-corrected chi connectivity index (χ2v) is 5.36. The first kappa shape index (κ1) is 14.8. The number of amides is 2. The van der Waals surface area contributed by atoms with Crippen LogP contribution in [0.15, 0.2) is 0 Å². The SMILES string of the molecule is CNC(=O)[C@@H]1CC[C@@H](NC(=O)OC(C)(C)C)CO1. The Labute approximate surface area is 107 Å². The summed E-state index contributed by atoms with van der Waals surface area (Å²) in [7, 11) is 1.58. The quantitative estimate of drug-likeness (QED) is 0.768. The fourth-order valence-corrected chi connectivity index (χ4v) is 1.71. The molecule has 0 aromatic carbocycles. The van der Waals surface area contributed by atoms with Crippen molar-refractivity contribution in [3.63, 3.8) is 0 Å².